The summed E-state index contributed by atoms with van der Waals surface area (Å²) in [6.45, 7) is 7.07. The maximum Gasteiger partial charge on any atom is 0.240 e. The van der Waals surface area contributed by atoms with Crippen LogP contribution in [0.3, 0.4) is 0 Å². The third-order valence-corrected chi connectivity index (χ3v) is 4.59. The highest BCUT2D eigenvalue weighted by Crippen LogP contribution is 2.10. The van der Waals surface area contributed by atoms with Crippen LogP contribution in [-0.2, 0) is 14.8 Å². The van der Waals surface area contributed by atoms with Gasteiger partial charge in [0.25, 0.3) is 0 Å². The van der Waals surface area contributed by atoms with Gasteiger partial charge in [0.1, 0.15) is 0 Å². The summed E-state index contributed by atoms with van der Waals surface area (Å²) in [6, 6.07) is -0.653. The van der Waals surface area contributed by atoms with Crippen molar-refractivity contribution < 1.29 is 13.2 Å². The molecule has 1 amide bonds. The molecule has 1 atom stereocenters. The molecule has 0 aromatic carbocycles. The minimum atomic E-state index is -3.35. The number of amides is 1. The number of carbonyl (C=O) groups excluding carboxylic acids is 1. The summed E-state index contributed by atoms with van der Waals surface area (Å²) in [6.07, 6.45) is 2.64. The van der Waals surface area contributed by atoms with Crippen molar-refractivity contribution in [3.63, 3.8) is 0 Å². The molecule has 0 aromatic heterocycles. The van der Waals surface area contributed by atoms with E-state index in [-0.39, 0.29) is 11.7 Å². The van der Waals surface area contributed by atoms with Gasteiger partial charge in [-0.25, -0.2) is 13.1 Å². The first-order chi connectivity index (χ1) is 8.32. The van der Waals surface area contributed by atoms with E-state index in [1.54, 1.807) is 11.8 Å². The molecule has 1 fully saturated rings. The molecule has 0 aromatic rings. The number of hydrogen-bond donors (Lipinski definition) is 1. The molecule has 0 aliphatic carbocycles. The van der Waals surface area contributed by atoms with E-state index in [0.717, 1.165) is 25.9 Å². The van der Waals surface area contributed by atoms with Crippen LogP contribution in [0.1, 0.15) is 40.0 Å². The second kappa shape index (κ2) is 6.52. The maximum atomic E-state index is 12.0. The lowest BCUT2D eigenvalue weighted by Gasteiger charge is -2.21. The second-order valence-electron chi connectivity index (χ2n) is 5.37. The first kappa shape index (κ1) is 15.4. The molecule has 106 valence electrons. The number of hydrogen-bond acceptors (Lipinski definition) is 3. The largest absolute Gasteiger partial charge is 0.341 e. The van der Waals surface area contributed by atoms with Crippen LogP contribution in [0.25, 0.3) is 0 Å². The number of rotatable bonds is 6. The predicted molar refractivity (Wildman–Crippen MR) is 71.7 cm³/mol. The fraction of sp³-hybridized carbons (Fsp3) is 0.917. The van der Waals surface area contributed by atoms with Gasteiger partial charge in [0.15, 0.2) is 0 Å². The van der Waals surface area contributed by atoms with Crippen molar-refractivity contribution in [3.8, 4) is 0 Å². The average molecular weight is 276 g/mol. The smallest absolute Gasteiger partial charge is 0.240 e. The van der Waals surface area contributed by atoms with Crippen molar-refractivity contribution >= 4 is 15.9 Å². The van der Waals surface area contributed by atoms with Gasteiger partial charge in [-0.15, -0.1) is 0 Å². The lowest BCUT2D eigenvalue weighted by molar-refractivity contribution is -0.131. The van der Waals surface area contributed by atoms with Crippen LogP contribution in [0.15, 0.2) is 0 Å². The summed E-state index contributed by atoms with van der Waals surface area (Å²) in [7, 11) is -3.35. The highest BCUT2D eigenvalue weighted by Gasteiger charge is 2.26. The summed E-state index contributed by atoms with van der Waals surface area (Å²) >= 11 is 0. The van der Waals surface area contributed by atoms with Crippen LogP contribution in [-0.4, -0.2) is 44.1 Å². The highest BCUT2D eigenvalue weighted by atomic mass is 32.2. The topological polar surface area (TPSA) is 66.5 Å². The Balaban J connectivity index is 2.47. The van der Waals surface area contributed by atoms with E-state index in [0.29, 0.717) is 12.3 Å². The van der Waals surface area contributed by atoms with E-state index in [9.17, 15) is 13.2 Å². The highest BCUT2D eigenvalue weighted by molar-refractivity contribution is 7.89. The molecule has 0 saturated carbocycles. The van der Waals surface area contributed by atoms with Gasteiger partial charge >= 0.3 is 0 Å². The molecule has 1 rings (SSSR count). The normalized spacial score (nSPS) is 18.3. The summed E-state index contributed by atoms with van der Waals surface area (Å²) in [4.78, 5) is 13.7. The molecule has 0 bridgehead atoms. The molecule has 1 heterocycles. The Morgan fingerprint density at radius 3 is 2.28 bits per heavy atom. The molecule has 5 nitrogen and oxygen atoms in total. The Bertz CT molecular complexity index is 373. The van der Waals surface area contributed by atoms with Crippen molar-refractivity contribution in [2.45, 2.75) is 46.1 Å². The molecule has 1 saturated heterocycles. The fourth-order valence-corrected chi connectivity index (χ4v) is 3.52. The SMILES string of the molecule is CC(C)CCS(=O)(=O)N[C@H](C)C(=O)N1CCCC1. The van der Waals surface area contributed by atoms with Crippen LogP contribution in [0, 0.1) is 5.92 Å². The molecule has 0 unspecified atom stereocenters. The van der Waals surface area contributed by atoms with Gasteiger partial charge in [-0.1, -0.05) is 13.8 Å². The molecule has 1 aliphatic heterocycles. The molecular formula is C12H24N2O3S. The Morgan fingerprint density at radius 1 is 1.22 bits per heavy atom. The van der Waals surface area contributed by atoms with Crippen molar-refractivity contribution in [1.29, 1.82) is 0 Å². The Labute approximate surface area is 110 Å². The van der Waals surface area contributed by atoms with Gasteiger partial charge in [-0.05, 0) is 32.1 Å². The van der Waals surface area contributed by atoms with Crippen LogP contribution in [0.5, 0.6) is 0 Å². The van der Waals surface area contributed by atoms with Gasteiger partial charge in [-0.2, -0.15) is 0 Å². The fourth-order valence-electron chi connectivity index (χ4n) is 1.98. The molecule has 0 radical (unpaired) electrons. The van der Waals surface area contributed by atoms with E-state index in [2.05, 4.69) is 4.72 Å². The molecule has 18 heavy (non-hydrogen) atoms. The van der Waals surface area contributed by atoms with Gasteiger partial charge in [0.2, 0.25) is 15.9 Å². The van der Waals surface area contributed by atoms with E-state index in [1.165, 1.54) is 0 Å². The number of nitrogens with zero attached hydrogens (tertiary/aromatic N) is 1. The molecule has 0 spiro atoms. The van der Waals surface area contributed by atoms with Gasteiger partial charge in [0.05, 0.1) is 11.8 Å². The third-order valence-electron chi connectivity index (χ3n) is 3.11. The van der Waals surface area contributed by atoms with Crippen molar-refractivity contribution in [3.05, 3.63) is 0 Å². The number of likely N-dealkylation sites (tertiary alicyclic amines) is 1. The quantitative estimate of drug-likeness (QED) is 0.786. The Kier molecular flexibility index (Phi) is 5.59. The van der Waals surface area contributed by atoms with E-state index in [4.69, 9.17) is 0 Å². The van der Waals surface area contributed by atoms with E-state index < -0.39 is 16.1 Å². The second-order valence-corrected chi connectivity index (χ2v) is 7.25. The summed E-state index contributed by atoms with van der Waals surface area (Å²) in [5, 5.41) is 0. The Morgan fingerprint density at radius 2 is 1.78 bits per heavy atom. The number of nitrogens with one attached hydrogen (secondary N) is 1. The summed E-state index contributed by atoms with van der Waals surface area (Å²) in [5.41, 5.74) is 0. The van der Waals surface area contributed by atoms with Gasteiger partial charge in [-0.3, -0.25) is 4.79 Å². The molecule has 1 N–H and O–H groups in total. The molecular weight excluding hydrogens is 252 g/mol. The van der Waals surface area contributed by atoms with Crippen LogP contribution in [0.2, 0.25) is 0 Å². The van der Waals surface area contributed by atoms with E-state index >= 15 is 0 Å². The minimum absolute atomic E-state index is 0.0856. The maximum absolute atomic E-state index is 12.0. The monoisotopic (exact) mass is 276 g/mol. The van der Waals surface area contributed by atoms with Crippen molar-refractivity contribution in [2.75, 3.05) is 18.8 Å². The lowest BCUT2D eigenvalue weighted by Crippen LogP contribution is -2.46. The zero-order valence-corrected chi connectivity index (χ0v) is 12.3. The number of sulfonamides is 1. The van der Waals surface area contributed by atoms with Crippen molar-refractivity contribution in [2.24, 2.45) is 5.92 Å². The zero-order chi connectivity index (χ0) is 13.8. The zero-order valence-electron chi connectivity index (χ0n) is 11.5. The van der Waals surface area contributed by atoms with Crippen LogP contribution >= 0.6 is 0 Å². The summed E-state index contributed by atoms with van der Waals surface area (Å²) < 4.78 is 26.0. The van der Waals surface area contributed by atoms with Gasteiger partial charge < -0.3 is 4.90 Å². The average Bonchev–Trinajstić information content (AvgIpc) is 2.78. The first-order valence-electron chi connectivity index (χ1n) is 6.60. The minimum Gasteiger partial charge on any atom is -0.341 e. The third kappa shape index (κ3) is 4.94. The first-order valence-corrected chi connectivity index (χ1v) is 8.26. The van der Waals surface area contributed by atoms with Crippen molar-refractivity contribution in [1.82, 2.24) is 9.62 Å². The molecule has 1 aliphatic rings. The lowest BCUT2D eigenvalue weighted by atomic mass is 10.2. The predicted octanol–water partition coefficient (Wildman–Crippen LogP) is 0.963. The number of carbonyl (C=O) groups is 1. The Hall–Kier alpha value is -0.620. The van der Waals surface area contributed by atoms with Crippen LogP contribution < -0.4 is 4.72 Å². The molecule has 6 heteroatoms. The summed E-state index contributed by atoms with van der Waals surface area (Å²) in [5.74, 6) is 0.314. The standard InChI is InChI=1S/C12H24N2O3S/c1-10(2)6-9-18(16,17)13-11(3)12(15)14-7-4-5-8-14/h10-11,13H,4-9H2,1-3H3/t11-/m1/s1. The van der Waals surface area contributed by atoms with Gasteiger partial charge in [0, 0.05) is 13.1 Å². The van der Waals surface area contributed by atoms with Crippen LogP contribution in [0.4, 0.5) is 0 Å². The van der Waals surface area contributed by atoms with E-state index in [1.807, 2.05) is 13.8 Å².